The highest BCUT2D eigenvalue weighted by atomic mass is 19.1. The molecule has 0 saturated carbocycles. The molecule has 2 aliphatic heterocycles. The number of nitrogens with zero attached hydrogens (tertiary/aromatic N) is 2. The predicted molar refractivity (Wildman–Crippen MR) is 278 cm³/mol. The second kappa shape index (κ2) is 24.5. The third kappa shape index (κ3) is 13.6. The van der Waals surface area contributed by atoms with Gasteiger partial charge in [0, 0.05) is 48.5 Å². The first-order valence-electron chi connectivity index (χ1n) is 25.8. The highest BCUT2D eigenvalue weighted by Gasteiger charge is 2.46. The van der Waals surface area contributed by atoms with Gasteiger partial charge in [0.2, 0.25) is 35.4 Å². The summed E-state index contributed by atoms with van der Waals surface area (Å²) in [5, 5.41) is 30.4. The summed E-state index contributed by atoms with van der Waals surface area (Å²) in [6.45, 7) is 7.31. The molecule has 2 aromatic carbocycles. The Labute approximate surface area is 443 Å². The second-order valence-electron chi connectivity index (χ2n) is 20.5. The van der Waals surface area contributed by atoms with Crippen molar-refractivity contribution in [3.05, 3.63) is 97.6 Å². The van der Waals surface area contributed by atoms with E-state index in [9.17, 15) is 48.3 Å². The van der Waals surface area contributed by atoms with E-state index in [1.54, 1.807) is 71.0 Å². The first-order valence-corrected chi connectivity index (χ1v) is 25.8. The minimum absolute atomic E-state index is 0.00449. The number of hydrogen-bond acceptors (Lipinski definition) is 14. The molecule has 4 aromatic rings. The molecule has 0 bridgehead atoms. The lowest BCUT2D eigenvalue weighted by atomic mass is 9.81. The molecular weight excluding hydrogens is 1000 g/mol. The number of cyclic esters (lactones) is 1. The number of nitrogens with one attached hydrogen (secondary N) is 7. The number of unbranched alkanes of at least 4 members (excludes halogenated alkanes) is 1. The molecule has 22 nitrogen and oxygen atoms in total. The van der Waals surface area contributed by atoms with Crippen LogP contribution in [0.15, 0.2) is 47.3 Å². The van der Waals surface area contributed by atoms with Gasteiger partial charge in [0.15, 0.2) is 5.60 Å². The number of amides is 7. The van der Waals surface area contributed by atoms with E-state index in [1.165, 1.54) is 10.6 Å². The molecule has 4 atom stereocenters. The summed E-state index contributed by atoms with van der Waals surface area (Å²) >= 11 is 0. The normalized spacial score (nSPS) is 16.8. The molecule has 0 fully saturated rings. The van der Waals surface area contributed by atoms with Crippen molar-refractivity contribution in [2.45, 2.75) is 135 Å². The quantitative estimate of drug-likeness (QED) is 0.0352. The number of esters is 1. The third-order valence-electron chi connectivity index (χ3n) is 13.8. The standard InChI is InChI=1S/C54H67FN10O12/c1-6-54(75)34-22-40-47-32(27-65(40)50(72)33(34)28-76-51(54)73)46-37(18-17-31-29(2)35(55)23-38(64-47)45(31)46)62-41(66)16-12-20-57-42(67)24-61-49(71)39(21-30-13-8-7-9-14-30)63-44(69)26-59-43(68)25-60-48(70)36(56)15-10-11-19-58-52(74)77-53(3,4)5/h7-9,13-14,22-23,36-37,39,75H,6,10-12,15-21,24-28,56H2,1-5H3,(H,57,67)(H,58,74)(H,59,68)(H,60,70)(H,61,71)(H,62,66)(H,63,69)/t36-,37-,39-,54-/m0/s1. The van der Waals surface area contributed by atoms with Crippen molar-refractivity contribution in [3.63, 3.8) is 0 Å². The van der Waals surface area contributed by atoms with Crippen LogP contribution in [-0.2, 0) is 74.6 Å². The average molecular weight is 1070 g/mol. The fourth-order valence-corrected chi connectivity index (χ4v) is 9.76. The molecule has 0 unspecified atom stereocenters. The number of aryl methyl sites for hydroxylation is 1. The number of hydrogen-bond donors (Lipinski definition) is 9. The highest BCUT2D eigenvalue weighted by molar-refractivity contribution is 5.95. The van der Waals surface area contributed by atoms with Crippen LogP contribution < -0.4 is 48.5 Å². The number of carbonyl (C=O) groups excluding carboxylic acids is 8. The van der Waals surface area contributed by atoms with Crippen molar-refractivity contribution in [3.8, 4) is 11.4 Å². The molecule has 10 N–H and O–H groups in total. The summed E-state index contributed by atoms with van der Waals surface area (Å²) < 4.78 is 27.3. The van der Waals surface area contributed by atoms with Crippen LogP contribution in [0.4, 0.5) is 9.18 Å². The van der Waals surface area contributed by atoms with Gasteiger partial charge < -0.3 is 62.1 Å². The van der Waals surface area contributed by atoms with E-state index in [4.69, 9.17) is 20.2 Å². The monoisotopic (exact) mass is 1070 g/mol. The minimum Gasteiger partial charge on any atom is -0.458 e. The average Bonchev–Trinajstić information content (AvgIpc) is 3.92. The molecule has 412 valence electrons. The molecule has 0 spiro atoms. The van der Waals surface area contributed by atoms with E-state index >= 15 is 4.39 Å². The van der Waals surface area contributed by atoms with Gasteiger partial charge in [-0.15, -0.1) is 0 Å². The zero-order valence-electron chi connectivity index (χ0n) is 43.9. The van der Waals surface area contributed by atoms with Gasteiger partial charge >= 0.3 is 12.1 Å². The zero-order chi connectivity index (χ0) is 55.8. The summed E-state index contributed by atoms with van der Waals surface area (Å²) in [6, 6.07) is 9.13. The molecule has 7 amide bonds. The van der Waals surface area contributed by atoms with Crippen molar-refractivity contribution in [2.75, 3.05) is 32.7 Å². The summed E-state index contributed by atoms with van der Waals surface area (Å²) in [6.07, 6.45) is 1.92. The van der Waals surface area contributed by atoms with Gasteiger partial charge in [-0.3, -0.25) is 33.6 Å². The zero-order valence-corrected chi connectivity index (χ0v) is 43.9. The Bertz CT molecular complexity index is 3030. The number of nitrogens with two attached hydrogens (primary N) is 1. The molecule has 2 aromatic heterocycles. The summed E-state index contributed by atoms with van der Waals surface area (Å²) in [5.74, 6) is -4.83. The van der Waals surface area contributed by atoms with Crippen LogP contribution in [0.25, 0.3) is 22.3 Å². The second-order valence-corrected chi connectivity index (χ2v) is 20.5. The molecule has 23 heteroatoms. The van der Waals surface area contributed by atoms with E-state index < -0.39 is 102 Å². The first kappa shape index (κ1) is 56.9. The predicted octanol–water partition coefficient (Wildman–Crippen LogP) is 1.63. The van der Waals surface area contributed by atoms with Gasteiger partial charge in [-0.25, -0.2) is 19.0 Å². The van der Waals surface area contributed by atoms with Crippen LogP contribution in [0, 0.1) is 12.7 Å². The lowest BCUT2D eigenvalue weighted by Gasteiger charge is -2.31. The van der Waals surface area contributed by atoms with Gasteiger partial charge in [0.1, 0.15) is 24.1 Å². The van der Waals surface area contributed by atoms with E-state index in [0.29, 0.717) is 83.2 Å². The number of ether oxygens (including phenoxy) is 2. The number of fused-ring (bicyclic) bond motifs is 5. The van der Waals surface area contributed by atoms with Gasteiger partial charge in [0.05, 0.1) is 60.7 Å². The molecule has 0 radical (unpaired) electrons. The molecular formula is C54H67FN10O12. The molecule has 7 rings (SSSR count). The first-order chi connectivity index (χ1) is 36.6. The molecule has 3 aliphatic rings. The number of benzene rings is 2. The summed E-state index contributed by atoms with van der Waals surface area (Å²) in [7, 11) is 0. The van der Waals surface area contributed by atoms with Gasteiger partial charge in [-0.2, -0.15) is 0 Å². The van der Waals surface area contributed by atoms with Crippen LogP contribution in [0.3, 0.4) is 0 Å². The summed E-state index contributed by atoms with van der Waals surface area (Å²) in [5.41, 5.74) is 7.49. The fourth-order valence-electron chi connectivity index (χ4n) is 9.76. The van der Waals surface area contributed by atoms with E-state index in [2.05, 4.69) is 37.2 Å². The smallest absolute Gasteiger partial charge is 0.407 e. The number of aromatic nitrogens is 2. The SMILES string of the molecule is CC[C@@]1(O)C(=O)OCc2c1cc1n(c2=O)Cc2c-1nc1cc(F)c(C)c3c1c2[C@@H](NC(=O)CCCNC(=O)CNC(=O)[C@H](Cc1ccccc1)NC(=O)CNC(=O)CNC(=O)[C@@H](N)CCCCNC(=O)OC(C)(C)C)CC3. The number of carbonyl (C=O) groups is 8. The van der Waals surface area contributed by atoms with E-state index in [-0.39, 0.29) is 62.4 Å². The summed E-state index contributed by atoms with van der Waals surface area (Å²) in [4.78, 5) is 121. The van der Waals surface area contributed by atoms with Crippen LogP contribution in [0.5, 0.6) is 0 Å². The maximum Gasteiger partial charge on any atom is 0.407 e. The van der Waals surface area contributed by atoms with E-state index in [0.717, 1.165) is 5.56 Å². The Kier molecular flexibility index (Phi) is 18.1. The van der Waals surface area contributed by atoms with Crippen LogP contribution in [0.1, 0.15) is 118 Å². The highest BCUT2D eigenvalue weighted by Crippen LogP contribution is 2.46. The number of alkyl carbamates (subject to hydrolysis) is 1. The lowest BCUT2D eigenvalue weighted by Crippen LogP contribution is -2.52. The largest absolute Gasteiger partial charge is 0.458 e. The number of halogens is 1. The third-order valence-corrected chi connectivity index (χ3v) is 13.8. The van der Waals surface area contributed by atoms with Crippen molar-refractivity contribution in [1.82, 2.24) is 46.8 Å². The van der Waals surface area contributed by atoms with Gasteiger partial charge in [-0.1, -0.05) is 37.3 Å². The van der Waals surface area contributed by atoms with Crippen LogP contribution in [0.2, 0.25) is 0 Å². The van der Waals surface area contributed by atoms with Crippen LogP contribution in [-0.4, -0.2) is 113 Å². The Morgan fingerprint density at radius 3 is 2.29 bits per heavy atom. The minimum atomic E-state index is -2.04. The Morgan fingerprint density at radius 1 is 0.883 bits per heavy atom. The van der Waals surface area contributed by atoms with Gasteiger partial charge in [0.25, 0.3) is 5.56 Å². The maximum absolute atomic E-state index is 15.4. The number of pyridine rings is 2. The van der Waals surface area contributed by atoms with E-state index in [1.807, 2.05) is 0 Å². The molecule has 1 aliphatic carbocycles. The van der Waals surface area contributed by atoms with Crippen LogP contribution >= 0.6 is 0 Å². The molecule has 4 heterocycles. The Morgan fingerprint density at radius 2 is 1.57 bits per heavy atom. The Balaban J connectivity index is 0.877. The van der Waals surface area contributed by atoms with Crippen molar-refractivity contribution in [2.24, 2.45) is 5.73 Å². The molecule has 0 saturated heterocycles. The van der Waals surface area contributed by atoms with Crippen molar-refractivity contribution >= 4 is 58.4 Å². The van der Waals surface area contributed by atoms with Crippen molar-refractivity contribution in [1.29, 1.82) is 0 Å². The fraction of sp³-hybridized carbons (Fsp3) is 0.481. The van der Waals surface area contributed by atoms with Crippen molar-refractivity contribution < 1.29 is 57.3 Å². The number of aliphatic hydroxyl groups is 1. The maximum atomic E-state index is 15.4. The Hall–Kier alpha value is -7.79. The lowest BCUT2D eigenvalue weighted by molar-refractivity contribution is -0.172. The topological polar surface area (TPSA) is 320 Å². The van der Waals surface area contributed by atoms with Gasteiger partial charge in [-0.05, 0) is 101 Å². The molecule has 77 heavy (non-hydrogen) atoms. The number of rotatable bonds is 22.